The standard InChI is InChI=1S/C19H23N3O2/c1-3-15-6-5-7-16(4-2)19(15)22-18(24)12-17(23)21-13-14-8-10-20-11-9-14/h5-11H,3-4,12-13H2,1-2H3,(H,21,23)(H,22,24). The molecular formula is C19H23N3O2. The SMILES string of the molecule is CCc1cccc(CC)c1NC(=O)CC(=O)NCc1ccncc1. The molecule has 0 unspecified atom stereocenters. The van der Waals surface area contributed by atoms with Gasteiger partial charge in [-0.3, -0.25) is 14.6 Å². The summed E-state index contributed by atoms with van der Waals surface area (Å²) in [6, 6.07) is 9.64. The summed E-state index contributed by atoms with van der Waals surface area (Å²) in [6.45, 7) is 4.48. The molecule has 0 aliphatic rings. The fourth-order valence-electron chi connectivity index (χ4n) is 2.50. The van der Waals surface area contributed by atoms with Crippen molar-refractivity contribution in [1.82, 2.24) is 10.3 Å². The Morgan fingerprint density at radius 3 is 2.17 bits per heavy atom. The van der Waals surface area contributed by atoms with Gasteiger partial charge >= 0.3 is 0 Å². The lowest BCUT2D eigenvalue weighted by Gasteiger charge is -2.14. The Bertz CT molecular complexity index is 677. The van der Waals surface area contributed by atoms with Crippen LogP contribution in [0.5, 0.6) is 0 Å². The van der Waals surface area contributed by atoms with Gasteiger partial charge in [-0.25, -0.2) is 0 Å². The number of benzene rings is 1. The van der Waals surface area contributed by atoms with Crippen molar-refractivity contribution in [3.8, 4) is 0 Å². The van der Waals surface area contributed by atoms with Crippen LogP contribution in [-0.4, -0.2) is 16.8 Å². The van der Waals surface area contributed by atoms with E-state index in [-0.39, 0.29) is 18.2 Å². The minimum Gasteiger partial charge on any atom is -0.352 e. The van der Waals surface area contributed by atoms with Crippen molar-refractivity contribution in [2.45, 2.75) is 39.7 Å². The zero-order valence-electron chi connectivity index (χ0n) is 14.1. The third kappa shape index (κ3) is 4.91. The lowest BCUT2D eigenvalue weighted by atomic mass is 10.0. The smallest absolute Gasteiger partial charge is 0.233 e. The fourth-order valence-corrected chi connectivity index (χ4v) is 2.50. The van der Waals surface area contributed by atoms with Crippen LogP contribution in [0.4, 0.5) is 5.69 Å². The molecule has 2 rings (SSSR count). The molecule has 5 nitrogen and oxygen atoms in total. The van der Waals surface area contributed by atoms with Crippen LogP contribution >= 0.6 is 0 Å². The number of rotatable bonds is 7. The van der Waals surface area contributed by atoms with E-state index in [1.807, 2.05) is 44.2 Å². The maximum Gasteiger partial charge on any atom is 0.233 e. The number of nitrogens with zero attached hydrogens (tertiary/aromatic N) is 1. The van der Waals surface area contributed by atoms with Gasteiger partial charge in [-0.15, -0.1) is 0 Å². The van der Waals surface area contributed by atoms with E-state index >= 15 is 0 Å². The van der Waals surface area contributed by atoms with Crippen LogP contribution in [-0.2, 0) is 29.0 Å². The summed E-state index contributed by atoms with van der Waals surface area (Å²) >= 11 is 0. The van der Waals surface area contributed by atoms with Crippen molar-refractivity contribution >= 4 is 17.5 Å². The molecule has 0 atom stereocenters. The molecule has 0 bridgehead atoms. The van der Waals surface area contributed by atoms with Crippen LogP contribution in [0.15, 0.2) is 42.7 Å². The number of carbonyl (C=O) groups excluding carboxylic acids is 2. The quantitative estimate of drug-likeness (QED) is 0.769. The molecule has 5 heteroatoms. The van der Waals surface area contributed by atoms with E-state index in [0.717, 1.165) is 35.2 Å². The Morgan fingerprint density at radius 1 is 0.958 bits per heavy atom. The van der Waals surface area contributed by atoms with E-state index < -0.39 is 0 Å². The number of aromatic nitrogens is 1. The van der Waals surface area contributed by atoms with Gasteiger partial charge in [-0.05, 0) is 41.7 Å². The molecule has 2 amide bonds. The zero-order valence-corrected chi connectivity index (χ0v) is 14.1. The molecule has 1 heterocycles. The lowest BCUT2D eigenvalue weighted by molar-refractivity contribution is -0.126. The van der Waals surface area contributed by atoms with Crippen molar-refractivity contribution in [2.75, 3.05) is 5.32 Å². The molecule has 2 aromatic rings. The van der Waals surface area contributed by atoms with Crippen molar-refractivity contribution in [3.63, 3.8) is 0 Å². The second kappa shape index (κ2) is 8.82. The molecule has 126 valence electrons. The van der Waals surface area contributed by atoms with Crippen LogP contribution in [0.3, 0.4) is 0 Å². The number of pyridine rings is 1. The zero-order chi connectivity index (χ0) is 17.4. The molecule has 1 aromatic heterocycles. The van der Waals surface area contributed by atoms with Gasteiger partial charge in [0.05, 0.1) is 0 Å². The molecule has 0 radical (unpaired) electrons. The predicted molar refractivity (Wildman–Crippen MR) is 94.5 cm³/mol. The monoisotopic (exact) mass is 325 g/mol. The highest BCUT2D eigenvalue weighted by Crippen LogP contribution is 2.22. The van der Waals surface area contributed by atoms with Crippen LogP contribution in [0.1, 0.15) is 37.0 Å². The molecular weight excluding hydrogens is 302 g/mol. The van der Waals surface area contributed by atoms with E-state index in [1.165, 1.54) is 0 Å². The summed E-state index contributed by atoms with van der Waals surface area (Å²) in [5.74, 6) is -0.589. The second-order valence-corrected chi connectivity index (χ2v) is 5.52. The number of amides is 2. The largest absolute Gasteiger partial charge is 0.352 e. The highest BCUT2D eigenvalue weighted by molar-refractivity contribution is 6.04. The number of nitrogens with one attached hydrogen (secondary N) is 2. The molecule has 0 aliphatic heterocycles. The van der Waals surface area contributed by atoms with Crippen LogP contribution in [0, 0.1) is 0 Å². The van der Waals surface area contributed by atoms with Gasteiger partial charge in [0.15, 0.2) is 0 Å². The van der Waals surface area contributed by atoms with Crippen molar-refractivity contribution < 1.29 is 9.59 Å². The average Bonchev–Trinajstić information content (AvgIpc) is 2.61. The number of aryl methyl sites for hydroxylation is 2. The summed E-state index contributed by atoms with van der Waals surface area (Å²) in [5.41, 5.74) is 3.96. The number of carbonyl (C=O) groups is 2. The molecule has 0 saturated carbocycles. The van der Waals surface area contributed by atoms with E-state index in [9.17, 15) is 9.59 Å². The van der Waals surface area contributed by atoms with Crippen molar-refractivity contribution in [1.29, 1.82) is 0 Å². The topological polar surface area (TPSA) is 71.1 Å². The van der Waals surface area contributed by atoms with Crippen molar-refractivity contribution in [2.24, 2.45) is 0 Å². The third-order valence-electron chi connectivity index (χ3n) is 3.82. The number of para-hydroxylation sites is 1. The first-order valence-electron chi connectivity index (χ1n) is 8.20. The maximum absolute atomic E-state index is 12.2. The van der Waals surface area contributed by atoms with Gasteiger partial charge in [0.2, 0.25) is 11.8 Å². The van der Waals surface area contributed by atoms with Gasteiger partial charge in [0, 0.05) is 24.6 Å². The first-order chi connectivity index (χ1) is 11.6. The maximum atomic E-state index is 12.2. The highest BCUT2D eigenvalue weighted by atomic mass is 16.2. The van der Waals surface area contributed by atoms with E-state index in [0.29, 0.717) is 6.54 Å². The normalized spacial score (nSPS) is 10.2. The highest BCUT2D eigenvalue weighted by Gasteiger charge is 2.13. The number of hydrogen-bond donors (Lipinski definition) is 2. The minimum absolute atomic E-state index is 0.188. The van der Waals surface area contributed by atoms with Gasteiger partial charge in [-0.1, -0.05) is 32.0 Å². The third-order valence-corrected chi connectivity index (χ3v) is 3.82. The molecule has 1 aromatic carbocycles. The Labute approximate surface area is 142 Å². The van der Waals surface area contributed by atoms with Crippen LogP contribution in [0.25, 0.3) is 0 Å². The summed E-state index contributed by atoms with van der Waals surface area (Å²) in [7, 11) is 0. The van der Waals surface area contributed by atoms with Crippen LogP contribution in [0.2, 0.25) is 0 Å². The molecule has 2 N–H and O–H groups in total. The van der Waals surface area contributed by atoms with Gasteiger partial charge in [0.1, 0.15) is 6.42 Å². The van der Waals surface area contributed by atoms with E-state index in [2.05, 4.69) is 15.6 Å². The summed E-state index contributed by atoms with van der Waals surface area (Å²) < 4.78 is 0. The Morgan fingerprint density at radius 2 is 1.58 bits per heavy atom. The van der Waals surface area contributed by atoms with Gasteiger partial charge in [-0.2, -0.15) is 0 Å². The van der Waals surface area contributed by atoms with Crippen LogP contribution < -0.4 is 10.6 Å². The minimum atomic E-state index is -0.295. The Kier molecular flexibility index (Phi) is 6.49. The first kappa shape index (κ1) is 17.7. The number of anilines is 1. The van der Waals surface area contributed by atoms with E-state index in [4.69, 9.17) is 0 Å². The average molecular weight is 325 g/mol. The molecule has 0 spiro atoms. The summed E-state index contributed by atoms with van der Waals surface area (Å²) in [4.78, 5) is 28.1. The molecule has 0 fully saturated rings. The van der Waals surface area contributed by atoms with Crippen molar-refractivity contribution in [3.05, 3.63) is 59.4 Å². The number of hydrogen-bond acceptors (Lipinski definition) is 3. The van der Waals surface area contributed by atoms with Gasteiger partial charge in [0.25, 0.3) is 0 Å². The predicted octanol–water partition coefficient (Wildman–Crippen LogP) is 2.85. The van der Waals surface area contributed by atoms with E-state index in [1.54, 1.807) is 12.4 Å². The lowest BCUT2D eigenvalue weighted by Crippen LogP contribution is -2.28. The fraction of sp³-hybridized carbons (Fsp3) is 0.316. The Balaban J connectivity index is 1.92. The molecule has 0 saturated heterocycles. The first-order valence-corrected chi connectivity index (χ1v) is 8.20. The summed E-state index contributed by atoms with van der Waals surface area (Å²) in [5, 5.41) is 5.65. The Hall–Kier alpha value is -2.69. The van der Waals surface area contributed by atoms with Gasteiger partial charge < -0.3 is 10.6 Å². The molecule has 24 heavy (non-hydrogen) atoms. The summed E-state index contributed by atoms with van der Waals surface area (Å²) in [6.07, 6.45) is 4.81. The molecule has 0 aliphatic carbocycles. The second-order valence-electron chi connectivity index (χ2n) is 5.52.